The average Bonchev–Trinajstić information content (AvgIpc) is 2.34. The van der Waals surface area contributed by atoms with E-state index in [1.807, 2.05) is 20.8 Å². The summed E-state index contributed by atoms with van der Waals surface area (Å²) in [4.78, 5) is 0. The maximum absolute atomic E-state index is 5.86. The minimum absolute atomic E-state index is 0.185. The Morgan fingerprint density at radius 3 is 1.79 bits per heavy atom. The summed E-state index contributed by atoms with van der Waals surface area (Å²) in [6, 6.07) is 0. The zero-order valence-corrected chi connectivity index (χ0v) is 13.7. The number of ether oxygens (including phenoxy) is 2. The molecule has 0 aliphatic carbocycles. The van der Waals surface area contributed by atoms with Crippen molar-refractivity contribution >= 4 is 8.80 Å². The van der Waals surface area contributed by atoms with Gasteiger partial charge < -0.3 is 22.8 Å². The third kappa shape index (κ3) is 4.80. The van der Waals surface area contributed by atoms with Crippen LogP contribution in [0.15, 0.2) is 0 Å². The Balaban J connectivity index is 2.46. The molecule has 0 atom stereocenters. The van der Waals surface area contributed by atoms with E-state index in [-0.39, 0.29) is 5.41 Å². The van der Waals surface area contributed by atoms with Crippen LogP contribution in [-0.4, -0.2) is 54.7 Å². The molecule has 0 unspecified atom stereocenters. The smallest absolute Gasteiger partial charge is 0.380 e. The van der Waals surface area contributed by atoms with Crippen molar-refractivity contribution in [2.24, 2.45) is 5.41 Å². The number of rotatable bonds is 11. The zero-order chi connectivity index (χ0) is 14.2. The van der Waals surface area contributed by atoms with E-state index in [0.717, 1.165) is 19.6 Å². The lowest BCUT2D eigenvalue weighted by atomic mass is 9.84. The molecule has 0 spiro atoms. The van der Waals surface area contributed by atoms with E-state index in [1.165, 1.54) is 0 Å². The summed E-state index contributed by atoms with van der Waals surface area (Å²) in [5.41, 5.74) is 0.185. The third-order valence-electron chi connectivity index (χ3n) is 3.35. The average molecular weight is 292 g/mol. The van der Waals surface area contributed by atoms with Crippen molar-refractivity contribution in [1.29, 1.82) is 0 Å². The van der Waals surface area contributed by atoms with Crippen molar-refractivity contribution in [2.45, 2.75) is 34.1 Å². The maximum Gasteiger partial charge on any atom is 0.528 e. The van der Waals surface area contributed by atoms with Crippen LogP contribution in [-0.2, 0) is 22.8 Å². The normalized spacial score (nSPS) is 18.3. The Morgan fingerprint density at radius 1 is 0.947 bits per heavy atom. The summed E-state index contributed by atoms with van der Waals surface area (Å²) >= 11 is 0. The van der Waals surface area contributed by atoms with Crippen LogP contribution in [0.2, 0.25) is 0 Å². The molecule has 0 aromatic heterocycles. The van der Waals surface area contributed by atoms with E-state index in [9.17, 15) is 0 Å². The topological polar surface area (TPSA) is 46.2 Å². The van der Waals surface area contributed by atoms with Crippen LogP contribution in [0.3, 0.4) is 0 Å². The van der Waals surface area contributed by atoms with Crippen LogP contribution in [0.4, 0.5) is 0 Å². The highest BCUT2D eigenvalue weighted by Gasteiger charge is 2.43. The Kier molecular flexibility index (Phi) is 7.49. The molecule has 5 nitrogen and oxygen atoms in total. The van der Waals surface area contributed by atoms with Gasteiger partial charge in [0.1, 0.15) is 6.23 Å². The molecule has 0 bridgehead atoms. The summed E-state index contributed by atoms with van der Waals surface area (Å²) in [6.45, 7) is 12.0. The SMILES string of the molecule is CCO[Si](COCC1(CC)COC1)(OCC)OCC. The van der Waals surface area contributed by atoms with Crippen molar-refractivity contribution in [3.05, 3.63) is 0 Å². The van der Waals surface area contributed by atoms with Gasteiger partial charge in [-0.3, -0.25) is 0 Å². The number of hydrogen-bond donors (Lipinski definition) is 0. The molecule has 1 saturated heterocycles. The molecule has 0 saturated carbocycles. The molecular formula is C13H28O5Si. The second-order valence-corrected chi connectivity index (χ2v) is 7.34. The van der Waals surface area contributed by atoms with Crippen molar-refractivity contribution in [3.63, 3.8) is 0 Å². The molecule has 1 aliphatic heterocycles. The maximum atomic E-state index is 5.86. The first-order valence-corrected chi connectivity index (χ1v) is 9.16. The zero-order valence-electron chi connectivity index (χ0n) is 12.7. The quantitative estimate of drug-likeness (QED) is 0.545. The first-order valence-electron chi connectivity index (χ1n) is 7.23. The fraction of sp³-hybridized carbons (Fsp3) is 1.00. The van der Waals surface area contributed by atoms with Crippen LogP contribution in [0.1, 0.15) is 34.1 Å². The van der Waals surface area contributed by atoms with E-state index in [0.29, 0.717) is 32.7 Å². The minimum atomic E-state index is -2.66. The molecule has 1 fully saturated rings. The third-order valence-corrected chi connectivity index (χ3v) is 6.09. The van der Waals surface area contributed by atoms with Gasteiger partial charge in [0.15, 0.2) is 0 Å². The van der Waals surface area contributed by atoms with E-state index in [1.54, 1.807) is 0 Å². The van der Waals surface area contributed by atoms with Crippen LogP contribution in [0.25, 0.3) is 0 Å². The second-order valence-electron chi connectivity index (χ2n) is 4.82. The van der Waals surface area contributed by atoms with Gasteiger partial charge in [-0.25, -0.2) is 0 Å². The second kappa shape index (κ2) is 8.34. The van der Waals surface area contributed by atoms with Crippen LogP contribution < -0.4 is 0 Å². The highest BCUT2D eigenvalue weighted by molar-refractivity contribution is 6.60. The van der Waals surface area contributed by atoms with Gasteiger partial charge in [-0.1, -0.05) is 6.92 Å². The lowest BCUT2D eigenvalue weighted by Crippen LogP contribution is -2.53. The van der Waals surface area contributed by atoms with Crippen LogP contribution in [0.5, 0.6) is 0 Å². The van der Waals surface area contributed by atoms with Gasteiger partial charge in [-0.05, 0) is 27.2 Å². The Hall–Kier alpha value is 0.0169. The molecule has 1 rings (SSSR count). The Labute approximate surface area is 117 Å². The van der Waals surface area contributed by atoms with E-state index < -0.39 is 8.80 Å². The number of hydrogen-bond acceptors (Lipinski definition) is 5. The molecule has 0 amide bonds. The van der Waals surface area contributed by atoms with Crippen molar-refractivity contribution in [1.82, 2.24) is 0 Å². The van der Waals surface area contributed by atoms with Gasteiger partial charge in [0.05, 0.1) is 19.8 Å². The van der Waals surface area contributed by atoms with Gasteiger partial charge in [-0.2, -0.15) is 0 Å². The van der Waals surface area contributed by atoms with Crippen LogP contribution >= 0.6 is 0 Å². The highest BCUT2D eigenvalue weighted by atomic mass is 28.4. The largest absolute Gasteiger partial charge is 0.528 e. The van der Waals surface area contributed by atoms with Gasteiger partial charge in [-0.15, -0.1) is 0 Å². The summed E-state index contributed by atoms with van der Waals surface area (Å²) in [5, 5.41) is 0. The molecule has 0 aromatic carbocycles. The van der Waals surface area contributed by atoms with Gasteiger partial charge in [0.2, 0.25) is 0 Å². The molecule has 114 valence electrons. The molecular weight excluding hydrogens is 264 g/mol. The van der Waals surface area contributed by atoms with Crippen molar-refractivity contribution in [2.75, 3.05) is 45.9 Å². The summed E-state index contributed by atoms with van der Waals surface area (Å²) in [5.74, 6) is 0. The molecule has 6 heteroatoms. The lowest BCUT2D eigenvalue weighted by molar-refractivity contribution is -0.149. The van der Waals surface area contributed by atoms with Gasteiger partial charge >= 0.3 is 8.80 Å². The fourth-order valence-electron chi connectivity index (χ4n) is 2.08. The summed E-state index contributed by atoms with van der Waals surface area (Å²) in [6.07, 6.45) is 1.49. The summed E-state index contributed by atoms with van der Waals surface area (Å²) in [7, 11) is -2.66. The molecule has 1 heterocycles. The Bertz CT molecular complexity index is 223. The van der Waals surface area contributed by atoms with Crippen molar-refractivity contribution < 1.29 is 22.8 Å². The van der Waals surface area contributed by atoms with Crippen LogP contribution in [0, 0.1) is 5.41 Å². The standard InChI is InChI=1S/C13H28O5Si/c1-5-13(9-14-10-13)11-15-12-19(16-6-2,17-7-3)18-8-4/h5-12H2,1-4H3. The predicted molar refractivity (Wildman–Crippen MR) is 75.0 cm³/mol. The molecule has 0 N–H and O–H groups in total. The summed E-state index contributed by atoms with van der Waals surface area (Å²) < 4.78 is 28.4. The van der Waals surface area contributed by atoms with E-state index >= 15 is 0 Å². The Morgan fingerprint density at radius 2 is 1.47 bits per heavy atom. The lowest BCUT2D eigenvalue weighted by Gasteiger charge is -2.41. The molecule has 1 aliphatic rings. The van der Waals surface area contributed by atoms with E-state index in [2.05, 4.69) is 6.92 Å². The molecule has 19 heavy (non-hydrogen) atoms. The highest BCUT2D eigenvalue weighted by Crippen LogP contribution is 2.31. The van der Waals surface area contributed by atoms with Gasteiger partial charge in [0, 0.05) is 25.2 Å². The van der Waals surface area contributed by atoms with E-state index in [4.69, 9.17) is 22.8 Å². The van der Waals surface area contributed by atoms with Crippen molar-refractivity contribution in [3.8, 4) is 0 Å². The predicted octanol–water partition coefficient (Wildman–Crippen LogP) is 2.02. The van der Waals surface area contributed by atoms with Gasteiger partial charge in [0.25, 0.3) is 0 Å². The molecule has 0 radical (unpaired) electrons. The fourth-order valence-corrected chi connectivity index (χ4v) is 4.25. The first-order chi connectivity index (χ1) is 9.16. The monoisotopic (exact) mass is 292 g/mol. The molecule has 0 aromatic rings. The minimum Gasteiger partial charge on any atom is -0.380 e. The first kappa shape index (κ1) is 17.1.